The van der Waals surface area contributed by atoms with Crippen molar-refractivity contribution in [1.82, 2.24) is 4.57 Å². The molecule has 1 aliphatic heterocycles. The predicted octanol–water partition coefficient (Wildman–Crippen LogP) is 3.41. The Kier molecular flexibility index (Phi) is 8.11. The average Bonchev–Trinajstić information content (AvgIpc) is 3.30. The molecule has 0 amide bonds. The highest BCUT2D eigenvalue weighted by atomic mass is 32.1. The largest absolute Gasteiger partial charge is 0.497 e. The summed E-state index contributed by atoms with van der Waals surface area (Å²) >= 11 is 1.19. The third-order valence-electron chi connectivity index (χ3n) is 6.30. The molecule has 5 rings (SSSR count). The highest BCUT2D eigenvalue weighted by Gasteiger charge is 2.35. The van der Waals surface area contributed by atoms with Gasteiger partial charge in [0.1, 0.15) is 11.5 Å². The van der Waals surface area contributed by atoms with Gasteiger partial charge in [0.25, 0.3) is 5.56 Å². The molecule has 1 N–H and O–H groups in total. The lowest BCUT2D eigenvalue weighted by atomic mass is 9.93. The van der Waals surface area contributed by atoms with Gasteiger partial charge in [0, 0.05) is 5.56 Å². The Morgan fingerprint density at radius 3 is 2.51 bits per heavy atom. The average molecular weight is 571 g/mol. The van der Waals surface area contributed by atoms with Crippen LogP contribution in [0, 0.1) is 0 Å². The summed E-state index contributed by atoms with van der Waals surface area (Å²) in [5, 5.41) is 8.93. The van der Waals surface area contributed by atoms with Crippen LogP contribution in [0.1, 0.15) is 29.7 Å². The molecule has 1 aromatic heterocycles. The van der Waals surface area contributed by atoms with Gasteiger partial charge in [0.15, 0.2) is 11.4 Å². The van der Waals surface area contributed by atoms with Crippen molar-refractivity contribution in [2.75, 3.05) is 20.3 Å². The Bertz CT molecular complexity index is 1820. The Morgan fingerprint density at radius 2 is 1.78 bits per heavy atom. The number of aromatic nitrogens is 1. The molecule has 0 spiro atoms. The van der Waals surface area contributed by atoms with E-state index in [1.54, 1.807) is 62.6 Å². The molecule has 0 saturated carbocycles. The maximum atomic E-state index is 14.0. The fourth-order valence-electron chi connectivity index (χ4n) is 4.56. The van der Waals surface area contributed by atoms with E-state index in [0.29, 0.717) is 43.2 Å². The van der Waals surface area contributed by atoms with E-state index >= 15 is 0 Å². The summed E-state index contributed by atoms with van der Waals surface area (Å²) in [5.41, 5.74) is 2.34. The van der Waals surface area contributed by atoms with Crippen LogP contribution in [0.15, 0.2) is 94.2 Å². The molecule has 1 atom stereocenters. The number of hydrogen-bond acceptors (Lipinski definition) is 8. The van der Waals surface area contributed by atoms with Crippen LogP contribution in [-0.4, -0.2) is 41.9 Å². The standard InChI is InChI=1S/C31H26N2O7S/c1-3-39-30(37)26-27(20-10-5-4-6-11-20)32-31-33(28(26)21-12-8-13-22(17-21)38-2)29(36)24(41-31)16-19-9-7-14-23(15-19)40-18-25(34)35/h4-17,28H,3,18H2,1-2H3,(H,34,35)/b24-16+/t28-/m1/s1. The number of rotatable bonds is 9. The zero-order valence-electron chi connectivity index (χ0n) is 22.3. The molecule has 0 unspecified atom stereocenters. The first-order chi connectivity index (χ1) is 19.9. The number of benzene rings is 3. The predicted molar refractivity (Wildman–Crippen MR) is 154 cm³/mol. The van der Waals surface area contributed by atoms with Crippen molar-refractivity contribution in [2.24, 2.45) is 4.99 Å². The molecule has 208 valence electrons. The van der Waals surface area contributed by atoms with Gasteiger partial charge < -0.3 is 19.3 Å². The molecule has 2 heterocycles. The first kappa shape index (κ1) is 27.6. The number of nitrogens with zero attached hydrogens (tertiary/aromatic N) is 2. The number of carboxylic acids is 1. The van der Waals surface area contributed by atoms with Crippen molar-refractivity contribution in [3.8, 4) is 11.5 Å². The van der Waals surface area contributed by atoms with Gasteiger partial charge in [-0.2, -0.15) is 0 Å². The quantitative estimate of drug-likeness (QED) is 0.307. The topological polar surface area (TPSA) is 116 Å². The van der Waals surface area contributed by atoms with Gasteiger partial charge >= 0.3 is 11.9 Å². The van der Waals surface area contributed by atoms with Crippen molar-refractivity contribution in [2.45, 2.75) is 13.0 Å². The molecule has 3 aromatic carbocycles. The fraction of sp³-hybridized carbons (Fsp3) is 0.161. The van der Waals surface area contributed by atoms with Crippen LogP contribution in [-0.2, 0) is 14.3 Å². The number of carbonyl (C=O) groups is 2. The lowest BCUT2D eigenvalue weighted by Gasteiger charge is -2.26. The summed E-state index contributed by atoms with van der Waals surface area (Å²) in [6, 6.07) is 22.5. The summed E-state index contributed by atoms with van der Waals surface area (Å²) in [7, 11) is 1.55. The number of aliphatic carboxylic acids is 1. The van der Waals surface area contributed by atoms with E-state index in [9.17, 15) is 14.4 Å². The highest BCUT2D eigenvalue weighted by molar-refractivity contribution is 7.07. The fourth-order valence-corrected chi connectivity index (χ4v) is 5.56. The minimum atomic E-state index is -1.09. The molecule has 1 aliphatic rings. The molecule has 0 saturated heterocycles. The van der Waals surface area contributed by atoms with Gasteiger partial charge in [0.2, 0.25) is 0 Å². The second-order valence-corrected chi connectivity index (χ2v) is 9.97. The number of hydrogen-bond donors (Lipinski definition) is 1. The van der Waals surface area contributed by atoms with Crippen LogP contribution >= 0.6 is 11.3 Å². The zero-order valence-corrected chi connectivity index (χ0v) is 23.1. The summed E-state index contributed by atoms with van der Waals surface area (Å²) in [5.74, 6) is -0.725. The summed E-state index contributed by atoms with van der Waals surface area (Å²) in [4.78, 5) is 43.7. The van der Waals surface area contributed by atoms with Gasteiger partial charge in [-0.1, -0.05) is 65.9 Å². The number of carbonyl (C=O) groups excluding carboxylic acids is 1. The van der Waals surface area contributed by atoms with Gasteiger partial charge in [-0.05, 0) is 48.4 Å². The number of ether oxygens (including phenoxy) is 3. The molecule has 0 bridgehead atoms. The van der Waals surface area contributed by atoms with E-state index in [4.69, 9.17) is 24.3 Å². The van der Waals surface area contributed by atoms with E-state index < -0.39 is 24.6 Å². The summed E-state index contributed by atoms with van der Waals surface area (Å²) in [6.45, 7) is 1.40. The molecule has 0 radical (unpaired) electrons. The number of thiazole rings is 1. The van der Waals surface area contributed by atoms with Crippen molar-refractivity contribution in [3.05, 3.63) is 121 Å². The number of methoxy groups -OCH3 is 1. The molecule has 4 aromatic rings. The molecular weight excluding hydrogens is 544 g/mol. The maximum Gasteiger partial charge on any atom is 0.341 e. The van der Waals surface area contributed by atoms with Crippen LogP contribution in [0.2, 0.25) is 0 Å². The summed E-state index contributed by atoms with van der Waals surface area (Å²) < 4.78 is 18.1. The molecule has 9 nitrogen and oxygen atoms in total. The van der Waals surface area contributed by atoms with Gasteiger partial charge in [-0.3, -0.25) is 9.36 Å². The van der Waals surface area contributed by atoms with Crippen molar-refractivity contribution < 1.29 is 28.9 Å². The molecule has 10 heteroatoms. The van der Waals surface area contributed by atoms with E-state index in [1.807, 2.05) is 36.4 Å². The second kappa shape index (κ2) is 12.1. The number of carboxylic acid groups (broad SMARTS) is 1. The van der Waals surface area contributed by atoms with E-state index in [2.05, 4.69) is 0 Å². The minimum Gasteiger partial charge on any atom is -0.497 e. The van der Waals surface area contributed by atoms with E-state index in [0.717, 1.165) is 0 Å². The SMILES string of the molecule is CCOC(=O)C1=C(c2ccccc2)N=c2s/c(=C/c3cccc(OCC(=O)O)c3)c(=O)n2[C@@H]1c1cccc(OC)c1. The minimum absolute atomic E-state index is 0.153. The van der Waals surface area contributed by atoms with Crippen LogP contribution in [0.3, 0.4) is 0 Å². The lowest BCUT2D eigenvalue weighted by Crippen LogP contribution is -2.40. The molecular formula is C31H26N2O7S. The second-order valence-electron chi connectivity index (χ2n) is 8.96. The van der Waals surface area contributed by atoms with Gasteiger partial charge in [-0.15, -0.1) is 0 Å². The Labute approximate surface area is 238 Å². The Hall–Kier alpha value is -4.96. The Balaban J connectivity index is 1.75. The number of esters is 1. The van der Waals surface area contributed by atoms with Crippen LogP contribution in [0.5, 0.6) is 11.5 Å². The summed E-state index contributed by atoms with van der Waals surface area (Å²) in [6.07, 6.45) is 1.69. The first-order valence-corrected chi connectivity index (χ1v) is 13.6. The van der Waals surface area contributed by atoms with Crippen LogP contribution in [0.4, 0.5) is 0 Å². The van der Waals surface area contributed by atoms with E-state index in [1.165, 1.54) is 15.9 Å². The van der Waals surface area contributed by atoms with Crippen molar-refractivity contribution in [1.29, 1.82) is 0 Å². The molecule has 41 heavy (non-hydrogen) atoms. The monoisotopic (exact) mass is 570 g/mol. The Morgan fingerprint density at radius 1 is 1.02 bits per heavy atom. The normalized spacial score (nSPS) is 14.7. The molecule has 0 fully saturated rings. The van der Waals surface area contributed by atoms with Crippen molar-refractivity contribution in [3.63, 3.8) is 0 Å². The van der Waals surface area contributed by atoms with Crippen LogP contribution < -0.4 is 24.4 Å². The third-order valence-corrected chi connectivity index (χ3v) is 7.28. The third kappa shape index (κ3) is 5.82. The van der Waals surface area contributed by atoms with E-state index in [-0.39, 0.29) is 17.7 Å². The number of fused-ring (bicyclic) bond motifs is 1. The van der Waals surface area contributed by atoms with Crippen LogP contribution in [0.25, 0.3) is 11.8 Å². The van der Waals surface area contributed by atoms with Gasteiger partial charge in [-0.25, -0.2) is 14.6 Å². The smallest absolute Gasteiger partial charge is 0.341 e. The zero-order chi connectivity index (χ0) is 28.9. The van der Waals surface area contributed by atoms with Crippen molar-refractivity contribution >= 4 is 35.0 Å². The first-order valence-electron chi connectivity index (χ1n) is 12.8. The highest BCUT2D eigenvalue weighted by Crippen LogP contribution is 2.36. The van der Waals surface area contributed by atoms with Gasteiger partial charge in [0.05, 0.1) is 35.6 Å². The maximum absolute atomic E-state index is 14.0. The lowest BCUT2D eigenvalue weighted by molar-refractivity contribution is -0.140. The molecule has 0 aliphatic carbocycles.